The minimum absolute atomic E-state index is 0.278. The highest BCUT2D eigenvalue weighted by atomic mass is 79.9. The molecule has 0 atom stereocenters. The van der Waals surface area contributed by atoms with E-state index in [0.29, 0.717) is 17.8 Å². The second-order valence-electron chi connectivity index (χ2n) is 3.63. The zero-order valence-electron chi connectivity index (χ0n) is 9.27. The second-order valence-corrected chi connectivity index (χ2v) is 4.49. The SMILES string of the molecule is Cc1nc(Nc2c(F)cc(F)cc2F)ccc1Br. The van der Waals surface area contributed by atoms with Crippen LogP contribution in [0.3, 0.4) is 0 Å². The van der Waals surface area contributed by atoms with Crippen molar-refractivity contribution in [3.05, 3.63) is 51.9 Å². The van der Waals surface area contributed by atoms with Crippen molar-refractivity contribution in [1.82, 2.24) is 4.98 Å². The van der Waals surface area contributed by atoms with Gasteiger partial charge in [0.25, 0.3) is 0 Å². The Balaban J connectivity index is 2.37. The van der Waals surface area contributed by atoms with Crippen molar-refractivity contribution < 1.29 is 13.2 Å². The minimum Gasteiger partial charge on any atom is -0.335 e. The number of hydrogen-bond acceptors (Lipinski definition) is 2. The van der Waals surface area contributed by atoms with E-state index in [0.717, 1.165) is 4.47 Å². The lowest BCUT2D eigenvalue weighted by molar-refractivity contribution is 0.548. The molecule has 94 valence electrons. The van der Waals surface area contributed by atoms with Gasteiger partial charge in [0.15, 0.2) is 11.6 Å². The molecular weight excluding hydrogens is 309 g/mol. The molecule has 2 nitrogen and oxygen atoms in total. The van der Waals surface area contributed by atoms with Crippen molar-refractivity contribution in [2.45, 2.75) is 6.92 Å². The third-order valence-corrected chi connectivity index (χ3v) is 3.12. The Morgan fingerprint density at radius 3 is 2.28 bits per heavy atom. The maximum atomic E-state index is 13.4. The summed E-state index contributed by atoms with van der Waals surface area (Å²) in [6.45, 7) is 1.74. The van der Waals surface area contributed by atoms with Crippen LogP contribution in [-0.2, 0) is 0 Å². The number of benzene rings is 1. The van der Waals surface area contributed by atoms with Gasteiger partial charge in [-0.3, -0.25) is 0 Å². The Morgan fingerprint density at radius 1 is 1.11 bits per heavy atom. The first kappa shape index (κ1) is 12.9. The van der Waals surface area contributed by atoms with Crippen molar-refractivity contribution in [2.75, 3.05) is 5.32 Å². The van der Waals surface area contributed by atoms with Crippen LogP contribution in [-0.4, -0.2) is 4.98 Å². The van der Waals surface area contributed by atoms with Gasteiger partial charge in [0.2, 0.25) is 0 Å². The molecule has 6 heteroatoms. The van der Waals surface area contributed by atoms with Crippen molar-refractivity contribution in [1.29, 1.82) is 0 Å². The lowest BCUT2D eigenvalue weighted by atomic mass is 10.2. The minimum atomic E-state index is -1.00. The first-order valence-corrected chi connectivity index (χ1v) is 5.81. The summed E-state index contributed by atoms with van der Waals surface area (Å²) >= 11 is 3.27. The van der Waals surface area contributed by atoms with Crippen molar-refractivity contribution in [2.24, 2.45) is 0 Å². The summed E-state index contributed by atoms with van der Waals surface area (Å²) in [7, 11) is 0. The van der Waals surface area contributed by atoms with E-state index >= 15 is 0 Å². The predicted molar refractivity (Wildman–Crippen MR) is 66.3 cm³/mol. The summed E-state index contributed by atoms with van der Waals surface area (Å²) < 4.78 is 40.3. The molecule has 0 fully saturated rings. The number of nitrogens with zero attached hydrogens (tertiary/aromatic N) is 1. The maximum absolute atomic E-state index is 13.4. The summed E-state index contributed by atoms with van der Waals surface area (Å²) in [4.78, 5) is 4.09. The molecule has 1 aromatic heterocycles. The zero-order chi connectivity index (χ0) is 13.3. The highest BCUT2D eigenvalue weighted by Crippen LogP contribution is 2.25. The standard InChI is InChI=1S/C12H8BrF3N2/c1-6-8(13)2-3-11(17-6)18-12-9(15)4-7(14)5-10(12)16/h2-5H,1H3,(H,17,18). The van der Waals surface area contributed by atoms with E-state index < -0.39 is 23.1 Å². The van der Waals surface area contributed by atoms with E-state index in [4.69, 9.17) is 0 Å². The second kappa shape index (κ2) is 4.97. The van der Waals surface area contributed by atoms with Gasteiger partial charge in [-0.2, -0.15) is 0 Å². The fourth-order valence-electron chi connectivity index (χ4n) is 1.40. The molecule has 2 aromatic rings. The van der Waals surface area contributed by atoms with E-state index in [1.165, 1.54) is 0 Å². The average Bonchev–Trinajstić information content (AvgIpc) is 2.28. The number of nitrogens with one attached hydrogen (secondary N) is 1. The monoisotopic (exact) mass is 316 g/mol. The lowest BCUT2D eigenvalue weighted by Crippen LogP contribution is -2.01. The number of hydrogen-bond donors (Lipinski definition) is 1. The molecule has 0 aliphatic carbocycles. The van der Waals surface area contributed by atoms with Crippen LogP contribution in [0.25, 0.3) is 0 Å². The highest BCUT2D eigenvalue weighted by Gasteiger charge is 2.12. The van der Waals surface area contributed by atoms with E-state index in [2.05, 4.69) is 26.2 Å². The van der Waals surface area contributed by atoms with Crippen LogP contribution in [0.2, 0.25) is 0 Å². The smallest absolute Gasteiger partial charge is 0.152 e. The molecule has 0 spiro atoms. The van der Waals surface area contributed by atoms with Gasteiger partial charge in [0, 0.05) is 16.6 Å². The summed E-state index contributed by atoms with van der Waals surface area (Å²) in [5, 5.41) is 2.49. The quantitative estimate of drug-likeness (QED) is 0.892. The fraction of sp³-hybridized carbons (Fsp3) is 0.0833. The Morgan fingerprint density at radius 2 is 1.72 bits per heavy atom. The zero-order valence-corrected chi connectivity index (χ0v) is 10.9. The third kappa shape index (κ3) is 2.64. The Labute approximate surface area is 110 Å². The lowest BCUT2D eigenvalue weighted by Gasteiger charge is -2.09. The summed E-state index contributed by atoms with van der Waals surface area (Å²) in [6, 6.07) is 4.47. The number of aryl methyl sites for hydroxylation is 1. The van der Waals surface area contributed by atoms with Crippen LogP contribution in [0, 0.1) is 24.4 Å². The van der Waals surface area contributed by atoms with Gasteiger partial charge in [-0.1, -0.05) is 0 Å². The van der Waals surface area contributed by atoms with E-state index in [1.807, 2.05) is 0 Å². The number of halogens is 4. The van der Waals surface area contributed by atoms with Gasteiger partial charge in [0.1, 0.15) is 17.3 Å². The maximum Gasteiger partial charge on any atom is 0.152 e. The molecule has 0 amide bonds. The molecule has 0 aliphatic rings. The van der Waals surface area contributed by atoms with Crippen LogP contribution >= 0.6 is 15.9 Å². The van der Waals surface area contributed by atoms with Gasteiger partial charge >= 0.3 is 0 Å². The molecule has 0 saturated heterocycles. The predicted octanol–water partition coefficient (Wildman–Crippen LogP) is 4.31. The van der Waals surface area contributed by atoms with Crippen molar-refractivity contribution in [3.63, 3.8) is 0 Å². The van der Waals surface area contributed by atoms with Gasteiger partial charge in [-0.25, -0.2) is 18.2 Å². The Kier molecular flexibility index (Phi) is 3.56. The van der Waals surface area contributed by atoms with E-state index in [9.17, 15) is 13.2 Å². The number of pyridine rings is 1. The Bertz CT molecular complexity index is 579. The number of anilines is 2. The summed E-state index contributed by atoms with van der Waals surface area (Å²) in [5.74, 6) is -2.69. The normalized spacial score (nSPS) is 10.5. The summed E-state index contributed by atoms with van der Waals surface area (Å²) in [5.41, 5.74) is 0.244. The van der Waals surface area contributed by atoms with Gasteiger partial charge in [-0.15, -0.1) is 0 Å². The topological polar surface area (TPSA) is 24.9 Å². The van der Waals surface area contributed by atoms with Crippen LogP contribution < -0.4 is 5.32 Å². The van der Waals surface area contributed by atoms with Crippen LogP contribution in [0.5, 0.6) is 0 Å². The molecule has 18 heavy (non-hydrogen) atoms. The number of aromatic nitrogens is 1. The van der Waals surface area contributed by atoms with E-state index in [-0.39, 0.29) is 5.82 Å². The van der Waals surface area contributed by atoms with Crippen LogP contribution in [0.4, 0.5) is 24.7 Å². The molecular formula is C12H8BrF3N2. The molecule has 0 unspecified atom stereocenters. The molecule has 0 saturated carbocycles. The van der Waals surface area contributed by atoms with Crippen LogP contribution in [0.15, 0.2) is 28.7 Å². The van der Waals surface area contributed by atoms with E-state index in [1.54, 1.807) is 19.1 Å². The van der Waals surface area contributed by atoms with Crippen LogP contribution in [0.1, 0.15) is 5.69 Å². The third-order valence-electron chi connectivity index (χ3n) is 2.28. The highest BCUT2D eigenvalue weighted by molar-refractivity contribution is 9.10. The van der Waals surface area contributed by atoms with Gasteiger partial charge < -0.3 is 5.32 Å². The molecule has 1 heterocycles. The first-order chi connectivity index (χ1) is 8.47. The summed E-state index contributed by atoms with van der Waals surface area (Å²) in [6.07, 6.45) is 0. The fourth-order valence-corrected chi connectivity index (χ4v) is 1.62. The molecule has 0 aliphatic heterocycles. The first-order valence-electron chi connectivity index (χ1n) is 5.02. The van der Waals surface area contributed by atoms with Crippen molar-refractivity contribution in [3.8, 4) is 0 Å². The molecule has 0 bridgehead atoms. The van der Waals surface area contributed by atoms with Gasteiger partial charge in [0.05, 0.1) is 5.69 Å². The molecule has 0 radical (unpaired) electrons. The molecule has 1 aromatic carbocycles. The molecule has 2 rings (SSSR count). The van der Waals surface area contributed by atoms with Gasteiger partial charge in [-0.05, 0) is 35.0 Å². The molecule has 1 N–H and O–H groups in total. The largest absolute Gasteiger partial charge is 0.335 e. The Hall–Kier alpha value is -1.56. The average molecular weight is 317 g/mol. The van der Waals surface area contributed by atoms with Crippen molar-refractivity contribution >= 4 is 27.4 Å². The number of rotatable bonds is 2.